The van der Waals surface area contributed by atoms with Crippen LogP contribution in [0.15, 0.2) is 49.1 Å². The molecule has 1 amide bonds. The Bertz CT molecular complexity index is 837. The second-order valence-corrected chi connectivity index (χ2v) is 5.95. The summed E-state index contributed by atoms with van der Waals surface area (Å²) in [7, 11) is 0. The number of fused-ring (bicyclic) bond motifs is 1. The lowest BCUT2D eigenvalue weighted by atomic mass is 10.1. The summed E-state index contributed by atoms with van der Waals surface area (Å²) in [5.41, 5.74) is 0. The summed E-state index contributed by atoms with van der Waals surface area (Å²) in [6, 6.07) is 11.1. The third-order valence-electron chi connectivity index (χ3n) is 3.87. The fraction of sp³-hybridized carbons (Fsp3) is 0.364. The summed E-state index contributed by atoms with van der Waals surface area (Å²) < 4.78 is 26.4. The molecule has 0 aliphatic heterocycles. The molecule has 2 rings (SSSR count). The van der Waals surface area contributed by atoms with Crippen LogP contribution in [0.4, 0.5) is 4.79 Å². The van der Waals surface area contributed by atoms with Crippen LogP contribution in [0.5, 0.6) is 11.5 Å². The molecule has 0 spiro atoms. The van der Waals surface area contributed by atoms with E-state index in [1.165, 1.54) is 0 Å². The van der Waals surface area contributed by atoms with Gasteiger partial charge in [0, 0.05) is 23.4 Å². The van der Waals surface area contributed by atoms with Gasteiger partial charge in [0.1, 0.15) is 18.1 Å². The summed E-state index contributed by atoms with van der Waals surface area (Å²) in [6.45, 7) is 7.54. The Morgan fingerprint density at radius 2 is 1.57 bits per heavy atom. The molecule has 0 radical (unpaired) electrons. The summed E-state index contributed by atoms with van der Waals surface area (Å²) in [6.07, 6.45) is 0.535. The number of benzene rings is 2. The fourth-order valence-corrected chi connectivity index (χ4v) is 2.57. The van der Waals surface area contributed by atoms with E-state index in [9.17, 15) is 9.59 Å². The van der Waals surface area contributed by atoms with Crippen molar-refractivity contribution in [3.8, 4) is 11.5 Å². The number of nitrogens with one attached hydrogen (secondary N) is 1. The van der Waals surface area contributed by atoms with Crippen LogP contribution in [0.2, 0.25) is 0 Å². The molecule has 8 heteroatoms. The molecule has 0 saturated carbocycles. The molecule has 0 fully saturated rings. The summed E-state index contributed by atoms with van der Waals surface area (Å²) >= 11 is 0. The highest BCUT2D eigenvalue weighted by Crippen LogP contribution is 2.32. The van der Waals surface area contributed by atoms with Gasteiger partial charge in [-0.05, 0) is 19.1 Å². The molecule has 30 heavy (non-hydrogen) atoms. The highest BCUT2D eigenvalue weighted by molar-refractivity contribution is 5.94. The van der Waals surface area contributed by atoms with E-state index in [1.54, 1.807) is 6.07 Å². The van der Waals surface area contributed by atoms with E-state index in [1.807, 2.05) is 37.3 Å². The van der Waals surface area contributed by atoms with Crippen LogP contribution < -0.4 is 14.8 Å². The van der Waals surface area contributed by atoms with Gasteiger partial charge in [-0.2, -0.15) is 0 Å². The van der Waals surface area contributed by atoms with Crippen LogP contribution in [0.25, 0.3) is 10.8 Å². The van der Waals surface area contributed by atoms with Gasteiger partial charge >= 0.3 is 12.1 Å². The highest BCUT2D eigenvalue weighted by Gasteiger charge is 2.10. The first-order valence-electron chi connectivity index (χ1n) is 9.70. The number of rotatable bonds is 13. The lowest BCUT2D eigenvalue weighted by Gasteiger charge is -2.12. The molecule has 0 aliphatic rings. The lowest BCUT2D eigenvalue weighted by molar-refractivity contribution is -0.139. The van der Waals surface area contributed by atoms with Crippen LogP contribution >= 0.6 is 0 Å². The van der Waals surface area contributed by atoms with Crippen LogP contribution in [-0.4, -0.2) is 58.2 Å². The van der Waals surface area contributed by atoms with Crippen molar-refractivity contribution in [2.24, 2.45) is 0 Å². The number of carbonyl (C=O) groups excluding carboxylic acids is 2. The molecule has 2 aromatic carbocycles. The number of amides is 1. The first-order chi connectivity index (χ1) is 14.7. The third-order valence-corrected chi connectivity index (χ3v) is 3.87. The zero-order chi connectivity index (χ0) is 21.6. The van der Waals surface area contributed by atoms with Gasteiger partial charge in [-0.25, -0.2) is 9.59 Å². The van der Waals surface area contributed by atoms with Crippen LogP contribution in [0.1, 0.15) is 6.92 Å². The molecule has 0 heterocycles. The quantitative estimate of drug-likeness (QED) is 0.304. The van der Waals surface area contributed by atoms with Gasteiger partial charge in [-0.3, -0.25) is 0 Å². The van der Waals surface area contributed by atoms with E-state index in [-0.39, 0.29) is 13.2 Å². The Hall–Kier alpha value is -3.10. The van der Waals surface area contributed by atoms with Gasteiger partial charge in [-0.15, -0.1) is 0 Å². The molecule has 0 unspecified atom stereocenters. The number of ether oxygens (including phenoxy) is 5. The van der Waals surface area contributed by atoms with E-state index in [0.717, 1.165) is 22.6 Å². The zero-order valence-corrected chi connectivity index (χ0v) is 17.1. The smallest absolute Gasteiger partial charge is 0.412 e. The van der Waals surface area contributed by atoms with Gasteiger partial charge in [-0.1, -0.05) is 30.8 Å². The summed E-state index contributed by atoms with van der Waals surface area (Å²) in [5, 5.41) is 4.32. The molecular weight excluding hydrogens is 390 g/mol. The molecule has 0 aliphatic carbocycles. The van der Waals surface area contributed by atoms with Crippen molar-refractivity contribution >= 4 is 22.8 Å². The monoisotopic (exact) mass is 417 g/mol. The molecule has 8 nitrogen and oxygen atoms in total. The Labute approximate surface area is 175 Å². The summed E-state index contributed by atoms with van der Waals surface area (Å²) in [5.74, 6) is 0.722. The Kier molecular flexibility index (Phi) is 10.2. The predicted molar refractivity (Wildman–Crippen MR) is 112 cm³/mol. The largest absolute Gasteiger partial charge is 0.493 e. The maximum absolute atomic E-state index is 12.1. The SMILES string of the molecule is C=CC(=O)OCCOCCOCCNC(=O)Oc1cccc2c(OCC)cccc12. The molecule has 0 atom stereocenters. The minimum Gasteiger partial charge on any atom is -0.493 e. The number of carbonyl (C=O) groups is 2. The first-order valence-corrected chi connectivity index (χ1v) is 9.70. The third kappa shape index (κ3) is 7.73. The standard InChI is InChI=1S/C22H27NO7/c1-3-21(24)29-16-15-27-14-13-26-12-11-23-22(25)30-20-10-6-7-17-18(20)8-5-9-19(17)28-4-2/h3,5-10H,1,4,11-16H2,2H3,(H,23,25). The molecule has 0 aromatic heterocycles. The van der Waals surface area contributed by atoms with Crippen molar-refractivity contribution in [2.75, 3.05) is 46.2 Å². The predicted octanol–water partition coefficient (Wildman–Crippen LogP) is 3.09. The average molecular weight is 417 g/mol. The number of hydrogen-bond donors (Lipinski definition) is 1. The zero-order valence-electron chi connectivity index (χ0n) is 17.1. The second kappa shape index (κ2) is 13.2. The molecule has 0 saturated heterocycles. The van der Waals surface area contributed by atoms with Crippen molar-refractivity contribution in [2.45, 2.75) is 6.92 Å². The Morgan fingerprint density at radius 3 is 2.27 bits per heavy atom. The van der Waals surface area contributed by atoms with Crippen molar-refractivity contribution < 1.29 is 33.3 Å². The van der Waals surface area contributed by atoms with Crippen LogP contribution in [-0.2, 0) is 19.0 Å². The van der Waals surface area contributed by atoms with Gasteiger partial charge in [0.05, 0.1) is 33.0 Å². The Balaban J connectivity index is 1.64. The van der Waals surface area contributed by atoms with E-state index in [4.69, 9.17) is 23.7 Å². The van der Waals surface area contributed by atoms with E-state index in [0.29, 0.717) is 38.7 Å². The maximum atomic E-state index is 12.1. The minimum absolute atomic E-state index is 0.165. The van der Waals surface area contributed by atoms with Crippen molar-refractivity contribution in [3.05, 3.63) is 49.1 Å². The molecule has 2 aromatic rings. The lowest BCUT2D eigenvalue weighted by Crippen LogP contribution is -2.30. The molecular formula is C22H27NO7. The maximum Gasteiger partial charge on any atom is 0.412 e. The van der Waals surface area contributed by atoms with Crippen molar-refractivity contribution in [3.63, 3.8) is 0 Å². The van der Waals surface area contributed by atoms with E-state index >= 15 is 0 Å². The molecule has 0 bridgehead atoms. The summed E-state index contributed by atoms with van der Waals surface area (Å²) in [4.78, 5) is 22.9. The number of esters is 1. The van der Waals surface area contributed by atoms with Crippen LogP contribution in [0.3, 0.4) is 0 Å². The Morgan fingerprint density at radius 1 is 0.933 bits per heavy atom. The fourth-order valence-electron chi connectivity index (χ4n) is 2.57. The average Bonchev–Trinajstić information content (AvgIpc) is 2.75. The normalized spacial score (nSPS) is 10.4. The van der Waals surface area contributed by atoms with Crippen LogP contribution in [0, 0.1) is 0 Å². The van der Waals surface area contributed by atoms with Crippen molar-refractivity contribution in [1.82, 2.24) is 5.32 Å². The van der Waals surface area contributed by atoms with E-state index < -0.39 is 12.1 Å². The van der Waals surface area contributed by atoms with Gasteiger partial charge in [0.2, 0.25) is 0 Å². The highest BCUT2D eigenvalue weighted by atomic mass is 16.6. The molecule has 1 N–H and O–H groups in total. The number of hydrogen-bond acceptors (Lipinski definition) is 7. The second-order valence-electron chi connectivity index (χ2n) is 5.95. The van der Waals surface area contributed by atoms with Crippen molar-refractivity contribution in [1.29, 1.82) is 0 Å². The molecule has 162 valence electrons. The minimum atomic E-state index is -0.562. The van der Waals surface area contributed by atoms with Gasteiger partial charge in [0.15, 0.2) is 0 Å². The first kappa shape index (κ1) is 23.2. The van der Waals surface area contributed by atoms with Gasteiger partial charge < -0.3 is 29.0 Å². The van der Waals surface area contributed by atoms with Gasteiger partial charge in [0.25, 0.3) is 0 Å². The topological polar surface area (TPSA) is 92.3 Å². The van der Waals surface area contributed by atoms with E-state index in [2.05, 4.69) is 11.9 Å².